The molecule has 0 bridgehead atoms. The lowest BCUT2D eigenvalue weighted by Crippen LogP contribution is -2.43. The zero-order valence-corrected chi connectivity index (χ0v) is 13.6. The maximum atomic E-state index is 12.8. The summed E-state index contributed by atoms with van der Waals surface area (Å²) in [6.07, 6.45) is 0. The molecule has 1 aliphatic heterocycles. The van der Waals surface area contributed by atoms with Crippen molar-refractivity contribution in [3.63, 3.8) is 0 Å². The van der Waals surface area contributed by atoms with Crippen LogP contribution in [0.25, 0.3) is 21.8 Å². The number of carbonyl (C=O) groups excluding carboxylic acids is 2. The van der Waals surface area contributed by atoms with Gasteiger partial charge in [-0.1, -0.05) is 12.1 Å². The highest BCUT2D eigenvalue weighted by Gasteiger charge is 2.33. The van der Waals surface area contributed by atoms with Gasteiger partial charge in [-0.3, -0.25) is 14.5 Å². The molecule has 2 amide bonds. The van der Waals surface area contributed by atoms with Gasteiger partial charge in [0.25, 0.3) is 11.8 Å². The molecule has 7 heteroatoms. The minimum absolute atomic E-state index is 0.238. The summed E-state index contributed by atoms with van der Waals surface area (Å²) in [4.78, 5) is 28.9. The minimum Gasteiger partial charge on any atom is -0.308 e. The summed E-state index contributed by atoms with van der Waals surface area (Å²) in [7, 11) is 3.83. The van der Waals surface area contributed by atoms with E-state index in [4.69, 9.17) is 0 Å². The average Bonchev–Trinajstić information content (AvgIpc) is 3.00. The van der Waals surface area contributed by atoms with E-state index in [0.717, 1.165) is 22.6 Å². The Kier molecular flexibility index (Phi) is 3.14. The van der Waals surface area contributed by atoms with E-state index in [0.29, 0.717) is 35.1 Å². The molecule has 116 valence electrons. The third kappa shape index (κ3) is 2.04. The highest BCUT2D eigenvalue weighted by molar-refractivity contribution is 7.00. The van der Waals surface area contributed by atoms with E-state index in [1.165, 1.54) is 4.90 Å². The monoisotopic (exact) mass is 326 g/mol. The minimum atomic E-state index is -0.254. The van der Waals surface area contributed by atoms with Crippen LogP contribution in [0.3, 0.4) is 0 Å². The van der Waals surface area contributed by atoms with Crippen molar-refractivity contribution in [2.45, 2.75) is 0 Å². The topological polar surface area (TPSA) is 66.4 Å². The Labute approximate surface area is 136 Å². The van der Waals surface area contributed by atoms with Crippen LogP contribution in [-0.2, 0) is 0 Å². The van der Waals surface area contributed by atoms with Gasteiger partial charge in [-0.15, -0.1) is 0 Å². The third-order valence-electron chi connectivity index (χ3n) is 4.11. The van der Waals surface area contributed by atoms with Gasteiger partial charge in [0.05, 0.1) is 17.3 Å². The Morgan fingerprint density at radius 3 is 2.70 bits per heavy atom. The zero-order valence-electron chi connectivity index (χ0n) is 12.7. The van der Waals surface area contributed by atoms with E-state index in [9.17, 15) is 9.59 Å². The molecule has 6 nitrogen and oxygen atoms in total. The first-order valence-electron chi connectivity index (χ1n) is 7.27. The molecule has 0 saturated carbocycles. The van der Waals surface area contributed by atoms with Gasteiger partial charge in [0.15, 0.2) is 0 Å². The largest absolute Gasteiger partial charge is 0.308 e. The Hall–Kier alpha value is -2.38. The van der Waals surface area contributed by atoms with Crippen LogP contribution >= 0.6 is 11.7 Å². The van der Waals surface area contributed by atoms with Gasteiger partial charge in [0.2, 0.25) is 0 Å². The number of hydrogen-bond acceptors (Lipinski definition) is 6. The van der Waals surface area contributed by atoms with Crippen molar-refractivity contribution in [1.29, 1.82) is 0 Å². The second-order valence-electron chi connectivity index (χ2n) is 5.85. The molecule has 1 aliphatic rings. The Balaban J connectivity index is 1.96. The smallest absolute Gasteiger partial charge is 0.261 e. The highest BCUT2D eigenvalue weighted by Crippen LogP contribution is 2.34. The second kappa shape index (κ2) is 5.07. The predicted octanol–water partition coefficient (Wildman–Crippen LogP) is 2.00. The van der Waals surface area contributed by atoms with Gasteiger partial charge < -0.3 is 4.90 Å². The summed E-state index contributed by atoms with van der Waals surface area (Å²) in [6.45, 7) is 0.997. The summed E-state index contributed by atoms with van der Waals surface area (Å²) in [5, 5.41) is 1.52. The van der Waals surface area contributed by atoms with Gasteiger partial charge in [-0.25, -0.2) is 0 Å². The normalized spacial score (nSPS) is 14.5. The van der Waals surface area contributed by atoms with E-state index in [-0.39, 0.29) is 11.8 Å². The van der Waals surface area contributed by atoms with Crippen molar-refractivity contribution in [3.05, 3.63) is 35.4 Å². The van der Waals surface area contributed by atoms with Crippen molar-refractivity contribution < 1.29 is 9.59 Å². The molecule has 0 fully saturated rings. The fourth-order valence-electron chi connectivity index (χ4n) is 2.96. The molecule has 0 spiro atoms. The number of carbonyl (C=O) groups is 2. The van der Waals surface area contributed by atoms with E-state index < -0.39 is 0 Å². The fraction of sp³-hybridized carbons (Fsp3) is 0.250. The number of nitrogens with zero attached hydrogens (tertiary/aromatic N) is 4. The van der Waals surface area contributed by atoms with Crippen molar-refractivity contribution in [2.24, 2.45) is 0 Å². The molecule has 0 aliphatic carbocycles. The van der Waals surface area contributed by atoms with Crippen LogP contribution in [0.4, 0.5) is 0 Å². The molecule has 1 aromatic heterocycles. The van der Waals surface area contributed by atoms with E-state index in [2.05, 4.69) is 8.75 Å². The van der Waals surface area contributed by atoms with Gasteiger partial charge in [0.1, 0.15) is 11.0 Å². The van der Waals surface area contributed by atoms with Crippen LogP contribution in [0.15, 0.2) is 24.3 Å². The molecule has 0 atom stereocenters. The lowest BCUT2D eigenvalue weighted by atomic mass is 9.93. The number of fused-ring (bicyclic) bond motifs is 2. The number of hydrogen-bond donors (Lipinski definition) is 0. The summed E-state index contributed by atoms with van der Waals surface area (Å²) < 4.78 is 8.55. The average molecular weight is 326 g/mol. The van der Waals surface area contributed by atoms with Crippen molar-refractivity contribution in [1.82, 2.24) is 18.5 Å². The first-order chi connectivity index (χ1) is 11.1. The molecule has 4 rings (SSSR count). The Morgan fingerprint density at radius 2 is 1.91 bits per heavy atom. The molecular formula is C16H14N4O2S. The van der Waals surface area contributed by atoms with Crippen LogP contribution in [0.5, 0.6) is 0 Å². The van der Waals surface area contributed by atoms with Crippen LogP contribution in [0.2, 0.25) is 0 Å². The summed E-state index contributed by atoms with van der Waals surface area (Å²) >= 11 is 1.11. The van der Waals surface area contributed by atoms with Gasteiger partial charge in [0, 0.05) is 29.4 Å². The molecule has 23 heavy (non-hydrogen) atoms. The highest BCUT2D eigenvalue weighted by atomic mass is 32.1. The van der Waals surface area contributed by atoms with Crippen LogP contribution < -0.4 is 0 Å². The molecule has 3 aromatic rings. The number of aromatic nitrogens is 2. The molecule has 0 N–H and O–H groups in total. The van der Waals surface area contributed by atoms with E-state index >= 15 is 0 Å². The summed E-state index contributed by atoms with van der Waals surface area (Å²) in [5.41, 5.74) is 2.54. The first-order valence-corrected chi connectivity index (χ1v) is 8.00. The predicted molar refractivity (Wildman–Crippen MR) is 88.8 cm³/mol. The number of rotatable bonds is 3. The number of imide groups is 1. The zero-order chi connectivity index (χ0) is 16.1. The lowest BCUT2D eigenvalue weighted by Gasteiger charge is -2.28. The SMILES string of the molecule is CN(C)CCN1C(=O)c2cccc3c2c(cc2nsnc23)C1=O. The Bertz CT molecular complexity index is 963. The molecule has 0 radical (unpaired) electrons. The summed E-state index contributed by atoms with van der Waals surface area (Å²) in [6, 6.07) is 7.25. The molecular weight excluding hydrogens is 312 g/mol. The second-order valence-corrected chi connectivity index (χ2v) is 6.38. The van der Waals surface area contributed by atoms with Gasteiger partial charge >= 0.3 is 0 Å². The lowest BCUT2D eigenvalue weighted by molar-refractivity contribution is 0.0601. The standard InChI is InChI=1S/C16H14N4O2S/c1-19(2)6-7-20-15(21)10-5-3-4-9-13(10)11(16(20)22)8-12-14(9)18-23-17-12/h3-5,8H,6-7H2,1-2H3. The van der Waals surface area contributed by atoms with Crippen molar-refractivity contribution in [3.8, 4) is 0 Å². The van der Waals surface area contributed by atoms with E-state index in [1.54, 1.807) is 12.1 Å². The number of likely N-dealkylation sites (N-methyl/N-ethyl adjacent to an activating group) is 1. The van der Waals surface area contributed by atoms with Gasteiger partial charge in [-0.05, 0) is 26.2 Å². The maximum absolute atomic E-state index is 12.8. The fourth-order valence-corrected chi connectivity index (χ4v) is 3.50. The third-order valence-corrected chi connectivity index (χ3v) is 4.65. The number of amides is 2. The van der Waals surface area contributed by atoms with Crippen LogP contribution in [0, 0.1) is 0 Å². The quantitative estimate of drug-likeness (QED) is 0.689. The van der Waals surface area contributed by atoms with Gasteiger partial charge in [-0.2, -0.15) is 8.75 Å². The molecule has 0 unspecified atom stereocenters. The van der Waals surface area contributed by atoms with Crippen LogP contribution in [0.1, 0.15) is 20.7 Å². The maximum Gasteiger partial charge on any atom is 0.261 e. The number of benzene rings is 2. The molecule has 2 aromatic carbocycles. The van der Waals surface area contributed by atoms with Crippen molar-refractivity contribution >= 4 is 45.3 Å². The Morgan fingerprint density at radius 1 is 1.13 bits per heavy atom. The van der Waals surface area contributed by atoms with Crippen LogP contribution in [-0.4, -0.2) is 57.5 Å². The van der Waals surface area contributed by atoms with E-state index in [1.807, 2.05) is 31.1 Å². The van der Waals surface area contributed by atoms with Crippen molar-refractivity contribution in [2.75, 3.05) is 27.2 Å². The molecule has 2 heterocycles. The summed E-state index contributed by atoms with van der Waals surface area (Å²) in [5.74, 6) is -0.493. The first kappa shape index (κ1) is 14.2. The molecule has 0 saturated heterocycles.